The lowest BCUT2D eigenvalue weighted by Gasteiger charge is -2.26. The summed E-state index contributed by atoms with van der Waals surface area (Å²) in [6.07, 6.45) is 7.88. The van der Waals surface area contributed by atoms with Crippen LogP contribution in [0.5, 0.6) is 5.75 Å². The molecule has 0 aliphatic carbocycles. The number of amides is 1. The van der Waals surface area contributed by atoms with Gasteiger partial charge in [0.15, 0.2) is 0 Å². The average Bonchev–Trinajstić information content (AvgIpc) is 2.83. The molecule has 1 unspecified atom stereocenters. The zero-order valence-electron chi connectivity index (χ0n) is 13.5. The fourth-order valence-corrected chi connectivity index (χ4v) is 3.08. The largest absolute Gasteiger partial charge is 0.496 e. The molecule has 23 heavy (non-hydrogen) atoms. The van der Waals surface area contributed by atoms with Crippen LogP contribution in [0, 0.1) is 0 Å². The van der Waals surface area contributed by atoms with Crippen molar-refractivity contribution >= 4 is 11.6 Å². The fraction of sp³-hybridized carbons (Fsp3) is 0.389. The van der Waals surface area contributed by atoms with E-state index < -0.39 is 0 Å². The van der Waals surface area contributed by atoms with E-state index in [1.165, 1.54) is 6.33 Å². The number of nitrogens with zero attached hydrogens (tertiary/aromatic N) is 3. The third-order valence-corrected chi connectivity index (χ3v) is 4.39. The molecular formula is C18H21N3O2. The van der Waals surface area contributed by atoms with Crippen LogP contribution in [0.2, 0.25) is 0 Å². The quantitative estimate of drug-likeness (QED) is 0.874. The van der Waals surface area contributed by atoms with Crippen molar-refractivity contribution in [2.75, 3.05) is 18.6 Å². The zero-order chi connectivity index (χ0) is 16.2. The van der Waals surface area contributed by atoms with Crippen LogP contribution in [0.15, 0.2) is 36.9 Å². The third-order valence-electron chi connectivity index (χ3n) is 4.39. The van der Waals surface area contributed by atoms with Crippen LogP contribution in [0.25, 0.3) is 0 Å². The molecule has 0 spiro atoms. The molecule has 0 saturated carbocycles. The minimum absolute atomic E-state index is 0.0798. The Bertz CT molecular complexity index is 688. The molecule has 2 heterocycles. The smallest absolute Gasteiger partial charge is 0.234 e. The summed E-state index contributed by atoms with van der Waals surface area (Å²) in [6, 6.07) is 5.91. The second-order valence-electron chi connectivity index (χ2n) is 5.80. The Hall–Kier alpha value is -2.43. The fourth-order valence-electron chi connectivity index (χ4n) is 3.08. The normalized spacial score (nSPS) is 15.5. The molecule has 1 aliphatic heterocycles. The van der Waals surface area contributed by atoms with Crippen molar-refractivity contribution in [1.82, 2.24) is 9.97 Å². The van der Waals surface area contributed by atoms with E-state index in [0.717, 1.165) is 48.4 Å². The Kier molecular flexibility index (Phi) is 4.55. The summed E-state index contributed by atoms with van der Waals surface area (Å²) in [5, 5.41) is 0. The van der Waals surface area contributed by atoms with Crippen LogP contribution in [0.3, 0.4) is 0 Å². The van der Waals surface area contributed by atoms with E-state index in [9.17, 15) is 4.79 Å². The number of anilines is 1. The van der Waals surface area contributed by atoms with Gasteiger partial charge in [-0.2, -0.15) is 0 Å². The Balaban J connectivity index is 1.95. The number of ether oxygens (including phenoxy) is 1. The minimum Gasteiger partial charge on any atom is -0.496 e. The van der Waals surface area contributed by atoms with Crippen LogP contribution in [0.4, 0.5) is 5.69 Å². The van der Waals surface area contributed by atoms with E-state index in [1.54, 1.807) is 19.5 Å². The monoisotopic (exact) mass is 311 g/mol. The number of hydrogen-bond acceptors (Lipinski definition) is 4. The molecule has 5 heteroatoms. The van der Waals surface area contributed by atoms with E-state index >= 15 is 0 Å². The Morgan fingerprint density at radius 3 is 2.78 bits per heavy atom. The van der Waals surface area contributed by atoms with Gasteiger partial charge < -0.3 is 9.64 Å². The van der Waals surface area contributed by atoms with Crippen molar-refractivity contribution in [1.29, 1.82) is 0 Å². The Morgan fingerprint density at radius 2 is 2.04 bits per heavy atom. The number of methoxy groups -OCH3 is 1. The van der Waals surface area contributed by atoms with Crippen LogP contribution < -0.4 is 9.64 Å². The molecule has 120 valence electrons. The van der Waals surface area contributed by atoms with E-state index in [-0.39, 0.29) is 11.8 Å². The molecule has 0 fully saturated rings. The molecule has 5 nitrogen and oxygen atoms in total. The standard InChI is InChI=1S/C18H21N3O2/c1-13(14-10-19-12-20-11-14)18(22)21-9-4-3-6-15-16(21)7-5-8-17(15)23-2/h5,7-8,10-13H,3-4,6,9H2,1-2H3. The van der Waals surface area contributed by atoms with E-state index in [1.807, 2.05) is 30.0 Å². The Morgan fingerprint density at radius 1 is 1.26 bits per heavy atom. The first-order valence-electron chi connectivity index (χ1n) is 7.94. The summed E-state index contributed by atoms with van der Waals surface area (Å²) in [5.74, 6) is 0.669. The summed E-state index contributed by atoms with van der Waals surface area (Å²) in [4.78, 5) is 23.0. The van der Waals surface area contributed by atoms with Gasteiger partial charge in [0, 0.05) is 30.1 Å². The summed E-state index contributed by atoms with van der Waals surface area (Å²) >= 11 is 0. The third kappa shape index (κ3) is 3.04. The second-order valence-corrected chi connectivity index (χ2v) is 5.80. The van der Waals surface area contributed by atoms with Gasteiger partial charge in [-0.05, 0) is 38.3 Å². The number of carbonyl (C=O) groups excluding carboxylic acids is 1. The number of aromatic nitrogens is 2. The topological polar surface area (TPSA) is 55.3 Å². The number of benzene rings is 1. The van der Waals surface area contributed by atoms with Crippen molar-refractivity contribution in [3.63, 3.8) is 0 Å². The number of rotatable bonds is 3. The van der Waals surface area contributed by atoms with Gasteiger partial charge in [-0.15, -0.1) is 0 Å². The highest BCUT2D eigenvalue weighted by molar-refractivity contribution is 5.98. The van der Waals surface area contributed by atoms with E-state index in [0.29, 0.717) is 0 Å². The van der Waals surface area contributed by atoms with Gasteiger partial charge in [0.05, 0.1) is 18.7 Å². The van der Waals surface area contributed by atoms with Crippen LogP contribution in [0.1, 0.15) is 36.8 Å². The lowest BCUT2D eigenvalue weighted by molar-refractivity contribution is -0.119. The Labute approximate surface area is 136 Å². The highest BCUT2D eigenvalue weighted by atomic mass is 16.5. The van der Waals surface area contributed by atoms with Gasteiger partial charge in [-0.25, -0.2) is 9.97 Å². The second kappa shape index (κ2) is 6.77. The van der Waals surface area contributed by atoms with Crippen molar-refractivity contribution in [3.05, 3.63) is 48.0 Å². The maximum atomic E-state index is 13.0. The van der Waals surface area contributed by atoms with Gasteiger partial charge in [0.1, 0.15) is 12.1 Å². The van der Waals surface area contributed by atoms with Gasteiger partial charge in [0.2, 0.25) is 5.91 Å². The number of hydrogen-bond donors (Lipinski definition) is 0. The molecule has 3 rings (SSSR count). The lowest BCUT2D eigenvalue weighted by Crippen LogP contribution is -2.35. The number of carbonyl (C=O) groups is 1. The maximum Gasteiger partial charge on any atom is 0.234 e. The lowest BCUT2D eigenvalue weighted by atomic mass is 10.0. The van der Waals surface area contributed by atoms with Crippen molar-refractivity contribution in [3.8, 4) is 5.75 Å². The number of fused-ring (bicyclic) bond motifs is 1. The SMILES string of the molecule is COc1cccc2c1CCCCN2C(=O)C(C)c1cncnc1. The highest BCUT2D eigenvalue weighted by Crippen LogP contribution is 2.35. The summed E-state index contributed by atoms with van der Waals surface area (Å²) in [7, 11) is 1.68. The highest BCUT2D eigenvalue weighted by Gasteiger charge is 2.27. The molecule has 0 saturated heterocycles. The van der Waals surface area contributed by atoms with Crippen molar-refractivity contribution < 1.29 is 9.53 Å². The molecule has 0 radical (unpaired) electrons. The van der Waals surface area contributed by atoms with Crippen LogP contribution >= 0.6 is 0 Å². The molecule has 1 amide bonds. The molecule has 2 aromatic rings. The molecule has 1 aromatic heterocycles. The average molecular weight is 311 g/mol. The molecule has 1 aromatic carbocycles. The van der Waals surface area contributed by atoms with Gasteiger partial charge >= 0.3 is 0 Å². The van der Waals surface area contributed by atoms with Crippen molar-refractivity contribution in [2.45, 2.75) is 32.1 Å². The molecule has 1 atom stereocenters. The van der Waals surface area contributed by atoms with E-state index in [2.05, 4.69) is 9.97 Å². The summed E-state index contributed by atoms with van der Waals surface area (Å²) in [6.45, 7) is 2.64. The van der Waals surface area contributed by atoms with E-state index in [4.69, 9.17) is 4.74 Å². The first-order chi connectivity index (χ1) is 11.2. The van der Waals surface area contributed by atoms with Gasteiger partial charge in [-0.1, -0.05) is 6.07 Å². The van der Waals surface area contributed by atoms with Crippen LogP contribution in [-0.4, -0.2) is 29.5 Å². The van der Waals surface area contributed by atoms with Gasteiger partial charge in [0.25, 0.3) is 0 Å². The van der Waals surface area contributed by atoms with Crippen molar-refractivity contribution in [2.24, 2.45) is 0 Å². The zero-order valence-corrected chi connectivity index (χ0v) is 13.5. The van der Waals surface area contributed by atoms with Crippen LogP contribution in [-0.2, 0) is 11.2 Å². The predicted octanol–water partition coefficient (Wildman–Crippen LogP) is 2.96. The predicted molar refractivity (Wildman–Crippen MR) is 88.7 cm³/mol. The molecule has 1 aliphatic rings. The summed E-state index contributed by atoms with van der Waals surface area (Å²) < 4.78 is 5.48. The first kappa shape index (κ1) is 15.5. The summed E-state index contributed by atoms with van der Waals surface area (Å²) in [5.41, 5.74) is 2.93. The minimum atomic E-state index is -0.270. The molecule has 0 bridgehead atoms. The maximum absolute atomic E-state index is 13.0. The molecular weight excluding hydrogens is 290 g/mol. The first-order valence-corrected chi connectivity index (χ1v) is 7.94. The van der Waals surface area contributed by atoms with Gasteiger partial charge in [-0.3, -0.25) is 4.79 Å². The molecule has 0 N–H and O–H groups in total.